The van der Waals surface area contributed by atoms with Crippen molar-refractivity contribution in [3.05, 3.63) is 52.4 Å². The van der Waals surface area contributed by atoms with Crippen molar-refractivity contribution in [2.24, 2.45) is 5.10 Å². The lowest BCUT2D eigenvalue weighted by atomic mass is 10.1. The molecule has 0 bridgehead atoms. The summed E-state index contributed by atoms with van der Waals surface area (Å²) in [6.07, 6.45) is -5.89. The third-order valence-corrected chi connectivity index (χ3v) is 4.50. The summed E-state index contributed by atoms with van der Waals surface area (Å²) in [5.41, 5.74) is -3.42. The number of alkyl halides is 3. The lowest BCUT2D eigenvalue weighted by Gasteiger charge is -2.32. The molecule has 0 radical (unpaired) electrons. The van der Waals surface area contributed by atoms with Gasteiger partial charge in [-0.15, -0.1) is 0 Å². The van der Waals surface area contributed by atoms with Crippen molar-refractivity contribution in [1.29, 1.82) is 0 Å². The molecular weight excluding hydrogens is 433 g/mol. The van der Waals surface area contributed by atoms with Gasteiger partial charge in [-0.2, -0.15) is 23.3 Å². The Balaban J connectivity index is 1.76. The van der Waals surface area contributed by atoms with Crippen LogP contribution < -0.4 is 4.74 Å². The number of hydrogen-bond donors (Lipinski definition) is 1. The van der Waals surface area contributed by atoms with Crippen LogP contribution in [0.5, 0.6) is 5.75 Å². The molecule has 2 aromatic rings. The van der Waals surface area contributed by atoms with Gasteiger partial charge in [-0.05, 0) is 47.1 Å². The van der Waals surface area contributed by atoms with Gasteiger partial charge in [-0.1, -0.05) is 12.1 Å². The average molecular weight is 447 g/mol. The van der Waals surface area contributed by atoms with E-state index in [0.717, 1.165) is 0 Å². The van der Waals surface area contributed by atoms with Crippen molar-refractivity contribution in [3.8, 4) is 5.75 Å². The molecule has 2 heterocycles. The van der Waals surface area contributed by atoms with Gasteiger partial charge in [0.25, 0.3) is 5.72 Å². The van der Waals surface area contributed by atoms with Gasteiger partial charge in [0, 0.05) is 12.1 Å². The predicted molar refractivity (Wildman–Crippen MR) is 92.1 cm³/mol. The molecule has 1 atom stereocenters. The van der Waals surface area contributed by atoms with E-state index in [1.54, 1.807) is 24.3 Å². The molecule has 1 aromatic carbocycles. The number of nitrogens with zero attached hydrogens (tertiary/aromatic N) is 2. The summed E-state index contributed by atoms with van der Waals surface area (Å²) >= 11 is 3.31. The Labute approximate surface area is 160 Å². The van der Waals surface area contributed by atoms with Crippen LogP contribution in [-0.2, 0) is 6.61 Å². The maximum atomic E-state index is 13.2. The topological polar surface area (TPSA) is 75.3 Å². The summed E-state index contributed by atoms with van der Waals surface area (Å²) in [6.45, 7) is 1.25. The molecule has 1 amide bonds. The summed E-state index contributed by atoms with van der Waals surface area (Å²) in [5, 5.41) is 13.5. The normalized spacial score (nSPS) is 19.9. The summed E-state index contributed by atoms with van der Waals surface area (Å²) in [5.74, 6) is -0.821. The van der Waals surface area contributed by atoms with Crippen LogP contribution >= 0.6 is 15.9 Å². The van der Waals surface area contributed by atoms with Gasteiger partial charge in [-0.25, -0.2) is 0 Å². The number of halogens is 4. The number of ether oxygens (including phenoxy) is 1. The van der Waals surface area contributed by atoms with E-state index in [2.05, 4.69) is 21.0 Å². The highest BCUT2D eigenvalue weighted by Gasteiger charge is 2.63. The third-order valence-electron chi connectivity index (χ3n) is 3.85. The van der Waals surface area contributed by atoms with E-state index in [1.165, 1.54) is 19.1 Å². The van der Waals surface area contributed by atoms with Crippen LogP contribution in [0, 0.1) is 0 Å². The maximum Gasteiger partial charge on any atom is 0.438 e. The van der Waals surface area contributed by atoms with Crippen molar-refractivity contribution in [2.75, 3.05) is 0 Å². The zero-order chi connectivity index (χ0) is 19.8. The SMILES string of the molecule is CC1=NN(C(=O)c2ccc(COc3ccccc3Br)o2)[C@@](O)(C(F)(F)F)C1. The number of amides is 1. The number of hydrazone groups is 1. The van der Waals surface area contributed by atoms with E-state index < -0.39 is 24.2 Å². The van der Waals surface area contributed by atoms with Gasteiger partial charge in [0.2, 0.25) is 0 Å². The van der Waals surface area contributed by atoms with Gasteiger partial charge in [0.1, 0.15) is 18.1 Å². The van der Waals surface area contributed by atoms with E-state index in [4.69, 9.17) is 9.15 Å². The summed E-state index contributed by atoms with van der Waals surface area (Å²) in [4.78, 5) is 12.4. The number of benzene rings is 1. The second kappa shape index (κ2) is 7.01. The second-order valence-electron chi connectivity index (χ2n) is 5.93. The van der Waals surface area contributed by atoms with Crippen LogP contribution in [0.15, 0.2) is 50.4 Å². The first-order chi connectivity index (χ1) is 12.6. The number of aliphatic hydroxyl groups is 1. The van der Waals surface area contributed by atoms with Crippen LogP contribution in [0.1, 0.15) is 29.7 Å². The molecule has 1 aliphatic heterocycles. The van der Waals surface area contributed by atoms with Crippen LogP contribution in [0.25, 0.3) is 0 Å². The Bertz CT molecular complexity index is 896. The smallest absolute Gasteiger partial charge is 0.438 e. The lowest BCUT2D eigenvalue weighted by Crippen LogP contribution is -2.56. The zero-order valence-corrected chi connectivity index (χ0v) is 15.5. The highest BCUT2D eigenvalue weighted by molar-refractivity contribution is 9.10. The molecule has 1 aliphatic rings. The first kappa shape index (κ1) is 19.4. The molecule has 0 saturated carbocycles. The highest BCUT2D eigenvalue weighted by Crippen LogP contribution is 2.41. The third kappa shape index (κ3) is 3.72. The zero-order valence-electron chi connectivity index (χ0n) is 14.0. The number of rotatable bonds is 4. The standard InChI is InChI=1S/C17H14BrF3N2O4/c1-10-8-16(25,17(19,20)21)23(22-10)15(24)14-7-6-11(27-14)9-26-13-5-3-2-4-12(13)18/h2-7,25H,8-9H2,1H3/t16-/m0/s1. The lowest BCUT2D eigenvalue weighted by molar-refractivity contribution is -0.297. The molecule has 27 heavy (non-hydrogen) atoms. The Morgan fingerprint density at radius 1 is 1.37 bits per heavy atom. The van der Waals surface area contributed by atoms with Crippen molar-refractivity contribution in [1.82, 2.24) is 5.01 Å². The molecule has 0 saturated heterocycles. The van der Waals surface area contributed by atoms with Gasteiger partial charge in [0.15, 0.2) is 5.76 Å². The fraction of sp³-hybridized carbons (Fsp3) is 0.294. The molecular formula is C17H14BrF3N2O4. The summed E-state index contributed by atoms with van der Waals surface area (Å²) in [7, 11) is 0. The molecule has 0 fully saturated rings. The molecule has 1 N–H and O–H groups in total. The maximum absolute atomic E-state index is 13.2. The van der Waals surface area contributed by atoms with Crippen molar-refractivity contribution < 1.29 is 32.2 Å². The fourth-order valence-corrected chi connectivity index (χ4v) is 2.94. The number of para-hydroxylation sites is 1. The van der Waals surface area contributed by atoms with Crippen LogP contribution in [0.2, 0.25) is 0 Å². The number of hydrogen-bond acceptors (Lipinski definition) is 5. The van der Waals surface area contributed by atoms with Crippen molar-refractivity contribution >= 4 is 27.5 Å². The summed E-state index contributed by atoms with van der Waals surface area (Å²) in [6, 6.07) is 9.68. The largest absolute Gasteiger partial charge is 0.484 e. The molecule has 144 valence electrons. The summed E-state index contributed by atoms with van der Waals surface area (Å²) < 4.78 is 51.2. The van der Waals surface area contributed by atoms with Gasteiger partial charge in [-0.3, -0.25) is 4.79 Å². The van der Waals surface area contributed by atoms with E-state index in [0.29, 0.717) is 10.2 Å². The fourth-order valence-electron chi connectivity index (χ4n) is 2.54. The number of furan rings is 1. The first-order valence-electron chi connectivity index (χ1n) is 7.75. The van der Waals surface area contributed by atoms with Gasteiger partial charge in [0.05, 0.1) is 4.47 Å². The minimum Gasteiger partial charge on any atom is -0.484 e. The Morgan fingerprint density at radius 2 is 2.07 bits per heavy atom. The molecule has 0 unspecified atom stereocenters. The van der Waals surface area contributed by atoms with E-state index in [9.17, 15) is 23.1 Å². The minimum atomic E-state index is -5.07. The Hall–Kier alpha value is -2.33. The predicted octanol–water partition coefficient (Wildman–Crippen LogP) is 4.09. The molecule has 3 rings (SSSR count). The Morgan fingerprint density at radius 3 is 2.74 bits per heavy atom. The van der Waals surface area contributed by atoms with Gasteiger partial charge >= 0.3 is 12.1 Å². The van der Waals surface area contributed by atoms with E-state index in [1.807, 2.05) is 0 Å². The molecule has 0 aliphatic carbocycles. The van der Waals surface area contributed by atoms with Crippen molar-refractivity contribution in [3.63, 3.8) is 0 Å². The quantitative estimate of drug-likeness (QED) is 0.767. The first-order valence-corrected chi connectivity index (χ1v) is 8.55. The molecule has 10 heteroatoms. The second-order valence-corrected chi connectivity index (χ2v) is 6.78. The van der Waals surface area contributed by atoms with E-state index >= 15 is 0 Å². The monoisotopic (exact) mass is 446 g/mol. The minimum absolute atomic E-state index is 0.0135. The molecule has 6 nitrogen and oxygen atoms in total. The number of carbonyl (C=O) groups excluding carboxylic acids is 1. The molecule has 0 spiro atoms. The van der Waals surface area contributed by atoms with Crippen LogP contribution in [-0.4, -0.2) is 33.6 Å². The highest BCUT2D eigenvalue weighted by atomic mass is 79.9. The van der Waals surface area contributed by atoms with Crippen LogP contribution in [0.4, 0.5) is 13.2 Å². The molecule has 1 aromatic heterocycles. The van der Waals surface area contributed by atoms with Crippen LogP contribution in [0.3, 0.4) is 0 Å². The van der Waals surface area contributed by atoms with E-state index in [-0.39, 0.29) is 28.8 Å². The van der Waals surface area contributed by atoms with Gasteiger partial charge < -0.3 is 14.3 Å². The Kier molecular flexibility index (Phi) is 5.04. The average Bonchev–Trinajstić information content (AvgIpc) is 3.18. The number of carbonyl (C=O) groups is 1. The van der Waals surface area contributed by atoms with Crippen molar-refractivity contribution in [2.45, 2.75) is 31.9 Å².